The fraction of sp³-hybridized carbons (Fsp3) is 0.286. The molecule has 2 N–H and O–H groups in total. The maximum absolute atomic E-state index is 12.7. The summed E-state index contributed by atoms with van der Waals surface area (Å²) in [6, 6.07) is 20.7. The molecule has 0 spiro atoms. The second kappa shape index (κ2) is 12.0. The Balaban J connectivity index is 1.10. The van der Waals surface area contributed by atoms with Crippen LogP contribution in [0.2, 0.25) is 0 Å². The van der Waals surface area contributed by atoms with Gasteiger partial charge >= 0.3 is 0 Å². The number of sulfonamides is 1. The summed E-state index contributed by atoms with van der Waals surface area (Å²) in [7, 11) is -3.73. The number of nitrogens with one attached hydrogen (secondary N) is 2. The van der Waals surface area contributed by atoms with Gasteiger partial charge in [-0.2, -0.15) is 0 Å². The molecular weight excluding hydrogens is 534 g/mol. The number of aromatic nitrogens is 1. The second-order valence-electron chi connectivity index (χ2n) is 9.12. The zero-order valence-corrected chi connectivity index (χ0v) is 23.3. The summed E-state index contributed by atoms with van der Waals surface area (Å²) >= 11 is 1.68. The molecule has 39 heavy (non-hydrogen) atoms. The quantitative estimate of drug-likeness (QED) is 0.299. The number of para-hydroxylation sites is 1. The van der Waals surface area contributed by atoms with Gasteiger partial charge in [0.2, 0.25) is 0 Å². The van der Waals surface area contributed by atoms with Gasteiger partial charge in [-0.3, -0.25) is 14.4 Å². The largest absolute Gasteiger partial charge is 0.492 e. The van der Waals surface area contributed by atoms with Crippen LogP contribution in [0.1, 0.15) is 17.3 Å². The van der Waals surface area contributed by atoms with E-state index in [1.54, 1.807) is 53.8 Å². The average molecular weight is 566 g/mol. The number of thiazole rings is 1. The predicted molar refractivity (Wildman–Crippen MR) is 155 cm³/mol. The summed E-state index contributed by atoms with van der Waals surface area (Å²) in [5.41, 5.74) is 1.66. The highest BCUT2D eigenvalue weighted by atomic mass is 32.2. The van der Waals surface area contributed by atoms with E-state index >= 15 is 0 Å². The first-order valence-electron chi connectivity index (χ1n) is 12.9. The van der Waals surface area contributed by atoms with Crippen LogP contribution in [0.15, 0.2) is 77.7 Å². The Hall–Kier alpha value is -3.67. The number of piperazine rings is 1. The minimum atomic E-state index is -3.73. The summed E-state index contributed by atoms with van der Waals surface area (Å²) in [5, 5.41) is 3.96. The van der Waals surface area contributed by atoms with Crippen molar-refractivity contribution in [2.45, 2.75) is 11.8 Å². The van der Waals surface area contributed by atoms with Gasteiger partial charge in [0, 0.05) is 50.5 Å². The number of ether oxygens (including phenoxy) is 1. The molecule has 0 atom stereocenters. The fourth-order valence-corrected chi connectivity index (χ4v) is 6.55. The fourth-order valence-electron chi connectivity index (χ4n) is 4.45. The predicted octanol–water partition coefficient (Wildman–Crippen LogP) is 4.05. The molecule has 0 saturated carbocycles. The van der Waals surface area contributed by atoms with Gasteiger partial charge in [-0.05, 0) is 49.4 Å². The van der Waals surface area contributed by atoms with Gasteiger partial charge in [-0.1, -0.05) is 41.7 Å². The zero-order chi connectivity index (χ0) is 27.2. The van der Waals surface area contributed by atoms with Crippen molar-refractivity contribution >= 4 is 48.3 Å². The van der Waals surface area contributed by atoms with Crippen molar-refractivity contribution in [3.8, 4) is 5.75 Å². The summed E-state index contributed by atoms with van der Waals surface area (Å²) in [6.07, 6.45) is 0. The molecule has 2 heterocycles. The van der Waals surface area contributed by atoms with Crippen LogP contribution >= 0.6 is 11.3 Å². The van der Waals surface area contributed by atoms with E-state index in [9.17, 15) is 13.2 Å². The lowest BCUT2D eigenvalue weighted by atomic mass is 10.2. The number of amides is 1. The summed E-state index contributed by atoms with van der Waals surface area (Å²) < 4.78 is 34.6. The molecule has 0 radical (unpaired) electrons. The van der Waals surface area contributed by atoms with E-state index in [1.807, 2.05) is 19.1 Å². The minimum absolute atomic E-state index is 0.165. The Morgan fingerprint density at radius 1 is 1.00 bits per heavy atom. The Morgan fingerprint density at radius 2 is 1.77 bits per heavy atom. The maximum atomic E-state index is 12.7. The van der Waals surface area contributed by atoms with Gasteiger partial charge in [0.25, 0.3) is 15.9 Å². The molecule has 1 aliphatic rings. The Kier molecular flexibility index (Phi) is 8.30. The molecule has 1 amide bonds. The highest BCUT2D eigenvalue weighted by Crippen LogP contribution is 2.34. The zero-order valence-electron chi connectivity index (χ0n) is 21.7. The van der Waals surface area contributed by atoms with E-state index in [1.165, 1.54) is 12.1 Å². The number of hydrogen-bond donors (Lipinski definition) is 2. The van der Waals surface area contributed by atoms with E-state index in [-0.39, 0.29) is 10.8 Å². The van der Waals surface area contributed by atoms with E-state index in [0.29, 0.717) is 24.4 Å². The van der Waals surface area contributed by atoms with Crippen molar-refractivity contribution in [1.29, 1.82) is 0 Å². The molecule has 3 aromatic carbocycles. The molecule has 0 bridgehead atoms. The molecule has 204 valence electrons. The SMILES string of the molecule is CCOc1cccc2sc(N3CCN(CCNC(=O)c4cccc(NS(=O)(=O)c5ccccc5)c4)CC3)nc12. The smallest absolute Gasteiger partial charge is 0.261 e. The lowest BCUT2D eigenvalue weighted by molar-refractivity contribution is 0.0948. The normalized spacial score (nSPS) is 14.3. The van der Waals surface area contributed by atoms with Gasteiger partial charge in [0.15, 0.2) is 5.13 Å². The van der Waals surface area contributed by atoms with Gasteiger partial charge in [0.05, 0.1) is 16.2 Å². The van der Waals surface area contributed by atoms with E-state index in [2.05, 4.69) is 25.9 Å². The van der Waals surface area contributed by atoms with Crippen LogP contribution in [0.25, 0.3) is 10.2 Å². The lowest BCUT2D eigenvalue weighted by Crippen LogP contribution is -2.48. The molecule has 0 aliphatic carbocycles. The topological polar surface area (TPSA) is 104 Å². The third-order valence-electron chi connectivity index (χ3n) is 6.46. The van der Waals surface area contributed by atoms with E-state index in [0.717, 1.165) is 53.8 Å². The van der Waals surface area contributed by atoms with Gasteiger partial charge in [0.1, 0.15) is 11.3 Å². The van der Waals surface area contributed by atoms with E-state index in [4.69, 9.17) is 9.72 Å². The van der Waals surface area contributed by atoms with Crippen molar-refractivity contribution in [2.24, 2.45) is 0 Å². The number of carbonyl (C=O) groups excluding carboxylic acids is 1. The van der Waals surface area contributed by atoms with Gasteiger partial charge < -0.3 is 15.0 Å². The standard InChI is InChI=1S/C28H31N5O4S2/c1-2-37-24-12-7-13-25-26(24)30-28(38-25)33-18-16-32(17-19-33)15-14-29-27(34)21-8-6-9-22(20-21)31-39(35,36)23-10-4-3-5-11-23/h3-13,20,31H,2,14-19H2,1H3,(H,29,34). The van der Waals surface area contributed by atoms with Crippen LogP contribution in [-0.2, 0) is 10.0 Å². The number of fused-ring (bicyclic) bond motifs is 1. The molecule has 9 nitrogen and oxygen atoms in total. The molecule has 1 aromatic heterocycles. The summed E-state index contributed by atoms with van der Waals surface area (Å²) in [5.74, 6) is 0.583. The summed E-state index contributed by atoms with van der Waals surface area (Å²) in [4.78, 5) is 22.4. The Bertz CT molecular complexity index is 1530. The highest BCUT2D eigenvalue weighted by Gasteiger charge is 2.21. The van der Waals surface area contributed by atoms with Crippen LogP contribution < -0.4 is 19.7 Å². The van der Waals surface area contributed by atoms with Crippen LogP contribution in [-0.4, -0.2) is 70.1 Å². The number of hydrogen-bond acceptors (Lipinski definition) is 8. The molecule has 11 heteroatoms. The molecule has 5 rings (SSSR count). The number of carbonyl (C=O) groups is 1. The van der Waals surface area contributed by atoms with E-state index < -0.39 is 10.0 Å². The first kappa shape index (κ1) is 26.9. The monoisotopic (exact) mass is 565 g/mol. The Labute approximate surface area is 232 Å². The van der Waals surface area contributed by atoms with Gasteiger partial charge in [-0.25, -0.2) is 13.4 Å². The minimum Gasteiger partial charge on any atom is -0.492 e. The first-order valence-corrected chi connectivity index (χ1v) is 15.2. The van der Waals surface area contributed by atoms with Crippen molar-refractivity contribution in [1.82, 2.24) is 15.2 Å². The number of anilines is 2. The molecule has 1 fully saturated rings. The number of rotatable bonds is 10. The van der Waals surface area contributed by atoms with Crippen molar-refractivity contribution in [2.75, 3.05) is 55.5 Å². The Morgan fingerprint density at radius 3 is 2.54 bits per heavy atom. The summed E-state index contributed by atoms with van der Waals surface area (Å²) in [6.45, 7) is 7.29. The van der Waals surface area contributed by atoms with Gasteiger partial charge in [-0.15, -0.1) is 0 Å². The second-order valence-corrected chi connectivity index (χ2v) is 11.8. The van der Waals surface area contributed by atoms with Crippen molar-refractivity contribution in [3.05, 3.63) is 78.4 Å². The van der Waals surface area contributed by atoms with Crippen molar-refractivity contribution < 1.29 is 17.9 Å². The molecule has 1 saturated heterocycles. The lowest BCUT2D eigenvalue weighted by Gasteiger charge is -2.34. The maximum Gasteiger partial charge on any atom is 0.261 e. The van der Waals surface area contributed by atoms with Crippen LogP contribution in [0.3, 0.4) is 0 Å². The average Bonchev–Trinajstić information content (AvgIpc) is 3.39. The third-order valence-corrected chi connectivity index (χ3v) is 8.94. The van der Waals surface area contributed by atoms with Crippen LogP contribution in [0.5, 0.6) is 5.75 Å². The van der Waals surface area contributed by atoms with Crippen LogP contribution in [0.4, 0.5) is 10.8 Å². The molecular formula is C28H31N5O4S2. The highest BCUT2D eigenvalue weighted by molar-refractivity contribution is 7.92. The number of nitrogens with zero attached hydrogens (tertiary/aromatic N) is 3. The third kappa shape index (κ3) is 6.49. The first-order chi connectivity index (χ1) is 18.9. The number of benzene rings is 3. The van der Waals surface area contributed by atoms with Crippen molar-refractivity contribution in [3.63, 3.8) is 0 Å². The molecule has 4 aromatic rings. The molecule has 1 aliphatic heterocycles. The molecule has 0 unspecified atom stereocenters. The van der Waals surface area contributed by atoms with Crippen LogP contribution in [0, 0.1) is 0 Å².